The molecule has 0 aliphatic heterocycles. The van der Waals surface area contributed by atoms with Crippen LogP contribution in [-0.4, -0.2) is 26.2 Å². The number of hydrogen-bond donors (Lipinski definition) is 1. The standard InChI is InChI=1S/C15H21NO3/c1-4-10-16-15(17)9-7-12-6-8-13(18-3)14(11-12)19-5-2/h6-9,11H,4-5,10H2,1-3H3,(H,16,17)/b9-7+. The highest BCUT2D eigenvalue weighted by molar-refractivity contribution is 5.91. The Kier molecular flexibility index (Phi) is 6.50. The lowest BCUT2D eigenvalue weighted by Crippen LogP contribution is -2.21. The second-order valence-electron chi connectivity index (χ2n) is 3.97. The highest BCUT2D eigenvalue weighted by atomic mass is 16.5. The van der Waals surface area contributed by atoms with Crippen LogP contribution < -0.4 is 14.8 Å². The van der Waals surface area contributed by atoms with Crippen molar-refractivity contribution < 1.29 is 14.3 Å². The van der Waals surface area contributed by atoms with Gasteiger partial charge in [0.05, 0.1) is 13.7 Å². The minimum atomic E-state index is -0.0874. The van der Waals surface area contributed by atoms with Crippen LogP contribution in [0.15, 0.2) is 24.3 Å². The van der Waals surface area contributed by atoms with Crippen LogP contribution in [0.4, 0.5) is 0 Å². The van der Waals surface area contributed by atoms with Crippen molar-refractivity contribution in [1.29, 1.82) is 0 Å². The molecule has 0 heterocycles. The summed E-state index contributed by atoms with van der Waals surface area (Å²) in [6.07, 6.45) is 4.21. The van der Waals surface area contributed by atoms with Crippen molar-refractivity contribution in [2.75, 3.05) is 20.3 Å². The van der Waals surface area contributed by atoms with Gasteiger partial charge in [0.2, 0.25) is 5.91 Å². The van der Waals surface area contributed by atoms with Crippen LogP contribution in [0.2, 0.25) is 0 Å². The molecule has 1 amide bonds. The molecule has 0 aliphatic rings. The maximum absolute atomic E-state index is 11.5. The Morgan fingerprint density at radius 3 is 2.74 bits per heavy atom. The molecule has 104 valence electrons. The molecule has 0 radical (unpaired) electrons. The maximum atomic E-state index is 11.5. The minimum absolute atomic E-state index is 0.0874. The maximum Gasteiger partial charge on any atom is 0.243 e. The van der Waals surface area contributed by atoms with Crippen LogP contribution in [0.3, 0.4) is 0 Å². The van der Waals surface area contributed by atoms with E-state index in [4.69, 9.17) is 9.47 Å². The van der Waals surface area contributed by atoms with Crippen molar-refractivity contribution in [3.63, 3.8) is 0 Å². The molecule has 1 aromatic carbocycles. The Morgan fingerprint density at radius 2 is 2.11 bits per heavy atom. The van der Waals surface area contributed by atoms with Gasteiger partial charge >= 0.3 is 0 Å². The molecule has 1 rings (SSSR count). The molecular formula is C15H21NO3. The van der Waals surface area contributed by atoms with Crippen molar-refractivity contribution in [2.24, 2.45) is 0 Å². The number of hydrogen-bond acceptors (Lipinski definition) is 3. The monoisotopic (exact) mass is 263 g/mol. The van der Waals surface area contributed by atoms with E-state index in [9.17, 15) is 4.79 Å². The fourth-order valence-corrected chi connectivity index (χ4v) is 1.54. The van der Waals surface area contributed by atoms with Crippen LogP contribution in [-0.2, 0) is 4.79 Å². The molecule has 0 fully saturated rings. The van der Waals surface area contributed by atoms with Gasteiger partial charge in [-0.05, 0) is 37.1 Å². The number of rotatable bonds is 7. The molecule has 1 N–H and O–H groups in total. The van der Waals surface area contributed by atoms with Crippen molar-refractivity contribution in [3.8, 4) is 11.5 Å². The van der Waals surface area contributed by atoms with Crippen LogP contribution >= 0.6 is 0 Å². The third-order valence-electron chi connectivity index (χ3n) is 2.46. The molecule has 0 unspecified atom stereocenters. The van der Waals surface area contributed by atoms with Gasteiger partial charge < -0.3 is 14.8 Å². The van der Waals surface area contributed by atoms with Gasteiger partial charge in [-0.15, -0.1) is 0 Å². The molecule has 0 atom stereocenters. The van der Waals surface area contributed by atoms with Crippen molar-refractivity contribution in [3.05, 3.63) is 29.8 Å². The molecular weight excluding hydrogens is 242 g/mol. The van der Waals surface area contributed by atoms with Gasteiger partial charge in [-0.2, -0.15) is 0 Å². The van der Waals surface area contributed by atoms with Gasteiger partial charge in [0, 0.05) is 12.6 Å². The molecule has 0 aliphatic carbocycles. The lowest BCUT2D eigenvalue weighted by Gasteiger charge is -2.09. The molecule has 0 spiro atoms. The van der Waals surface area contributed by atoms with E-state index < -0.39 is 0 Å². The van der Waals surface area contributed by atoms with Gasteiger partial charge in [-0.1, -0.05) is 13.0 Å². The van der Waals surface area contributed by atoms with E-state index in [2.05, 4.69) is 5.32 Å². The molecule has 1 aromatic rings. The van der Waals surface area contributed by atoms with Gasteiger partial charge in [0.1, 0.15) is 0 Å². The zero-order valence-electron chi connectivity index (χ0n) is 11.7. The Labute approximate surface area is 114 Å². The average Bonchev–Trinajstić information content (AvgIpc) is 2.43. The summed E-state index contributed by atoms with van der Waals surface area (Å²) in [6, 6.07) is 5.56. The summed E-state index contributed by atoms with van der Waals surface area (Å²) in [6.45, 7) is 5.19. The number of ether oxygens (including phenoxy) is 2. The van der Waals surface area contributed by atoms with Crippen LogP contribution in [0, 0.1) is 0 Å². The largest absolute Gasteiger partial charge is 0.493 e. The lowest BCUT2D eigenvalue weighted by molar-refractivity contribution is -0.116. The van der Waals surface area contributed by atoms with E-state index in [0.29, 0.717) is 24.7 Å². The van der Waals surface area contributed by atoms with E-state index in [1.54, 1.807) is 13.2 Å². The Morgan fingerprint density at radius 1 is 1.32 bits per heavy atom. The second-order valence-corrected chi connectivity index (χ2v) is 3.97. The van der Waals surface area contributed by atoms with Crippen molar-refractivity contribution >= 4 is 12.0 Å². The molecule has 0 aromatic heterocycles. The first-order valence-electron chi connectivity index (χ1n) is 6.48. The third-order valence-corrected chi connectivity index (χ3v) is 2.46. The van der Waals surface area contributed by atoms with Gasteiger partial charge in [0.25, 0.3) is 0 Å². The second kappa shape index (κ2) is 8.19. The topological polar surface area (TPSA) is 47.6 Å². The normalized spacial score (nSPS) is 10.5. The zero-order valence-corrected chi connectivity index (χ0v) is 11.7. The SMILES string of the molecule is CCCNC(=O)/C=C/c1ccc(OC)c(OCC)c1. The van der Waals surface area contributed by atoms with Crippen LogP contribution in [0.25, 0.3) is 6.08 Å². The molecule has 4 nitrogen and oxygen atoms in total. The van der Waals surface area contributed by atoms with Gasteiger partial charge in [-0.25, -0.2) is 0 Å². The van der Waals surface area contributed by atoms with E-state index in [1.807, 2.05) is 32.0 Å². The van der Waals surface area contributed by atoms with Gasteiger partial charge in [-0.3, -0.25) is 4.79 Å². The van der Waals surface area contributed by atoms with Crippen molar-refractivity contribution in [2.45, 2.75) is 20.3 Å². The van der Waals surface area contributed by atoms with E-state index in [1.165, 1.54) is 6.08 Å². The average molecular weight is 263 g/mol. The number of carbonyl (C=O) groups is 1. The quantitative estimate of drug-likeness (QED) is 0.769. The summed E-state index contributed by atoms with van der Waals surface area (Å²) >= 11 is 0. The predicted molar refractivity (Wildman–Crippen MR) is 76.5 cm³/mol. The first-order chi connectivity index (χ1) is 9.21. The van der Waals surface area contributed by atoms with E-state index in [0.717, 1.165) is 12.0 Å². The smallest absolute Gasteiger partial charge is 0.243 e. The lowest BCUT2D eigenvalue weighted by atomic mass is 10.2. The summed E-state index contributed by atoms with van der Waals surface area (Å²) in [5.41, 5.74) is 0.899. The highest BCUT2D eigenvalue weighted by Gasteiger charge is 2.04. The predicted octanol–water partition coefficient (Wildman–Crippen LogP) is 2.63. The summed E-state index contributed by atoms with van der Waals surface area (Å²) in [7, 11) is 1.60. The minimum Gasteiger partial charge on any atom is -0.493 e. The summed E-state index contributed by atoms with van der Waals surface area (Å²) in [5, 5.41) is 2.78. The molecule has 0 saturated heterocycles. The molecule has 4 heteroatoms. The first-order valence-corrected chi connectivity index (χ1v) is 6.48. The number of methoxy groups -OCH3 is 1. The summed E-state index contributed by atoms with van der Waals surface area (Å²) < 4.78 is 10.7. The fourth-order valence-electron chi connectivity index (χ4n) is 1.54. The van der Waals surface area contributed by atoms with E-state index in [-0.39, 0.29) is 5.91 Å². The third kappa shape index (κ3) is 5.04. The summed E-state index contributed by atoms with van der Waals surface area (Å²) in [5.74, 6) is 1.28. The van der Waals surface area contributed by atoms with Crippen LogP contribution in [0.1, 0.15) is 25.8 Å². The Bertz CT molecular complexity index is 441. The summed E-state index contributed by atoms with van der Waals surface area (Å²) in [4.78, 5) is 11.5. The highest BCUT2D eigenvalue weighted by Crippen LogP contribution is 2.28. The Balaban J connectivity index is 2.75. The number of carbonyl (C=O) groups excluding carboxylic acids is 1. The number of nitrogens with one attached hydrogen (secondary N) is 1. The van der Waals surface area contributed by atoms with E-state index >= 15 is 0 Å². The molecule has 19 heavy (non-hydrogen) atoms. The molecule has 0 bridgehead atoms. The first kappa shape index (κ1) is 15.1. The molecule has 0 saturated carbocycles. The van der Waals surface area contributed by atoms with Crippen molar-refractivity contribution in [1.82, 2.24) is 5.32 Å². The Hall–Kier alpha value is -1.97. The number of amides is 1. The van der Waals surface area contributed by atoms with Crippen LogP contribution in [0.5, 0.6) is 11.5 Å². The zero-order chi connectivity index (χ0) is 14.1. The van der Waals surface area contributed by atoms with Gasteiger partial charge in [0.15, 0.2) is 11.5 Å². The fraction of sp³-hybridized carbons (Fsp3) is 0.400. The number of benzene rings is 1.